The first-order chi connectivity index (χ1) is 16.8. The Labute approximate surface area is 201 Å². The lowest BCUT2D eigenvalue weighted by atomic mass is 9.99. The van der Waals surface area contributed by atoms with Crippen molar-refractivity contribution in [3.63, 3.8) is 0 Å². The van der Waals surface area contributed by atoms with E-state index in [1.54, 1.807) is 48.0 Å². The number of hydrogen-bond donors (Lipinski definition) is 3. The molecule has 1 aromatic carbocycles. The SMILES string of the molecule is CC(=O)O.Cc1ccn(CC2CCCNC2)c(=O)c1C(=O)NCc1cc(-c2ccccc2F)no1. The molecular weight excluding hydrogens is 455 g/mol. The number of benzene rings is 1. The summed E-state index contributed by atoms with van der Waals surface area (Å²) in [6, 6.07) is 9.62. The van der Waals surface area contributed by atoms with Crippen molar-refractivity contribution < 1.29 is 23.6 Å². The van der Waals surface area contributed by atoms with E-state index in [9.17, 15) is 14.0 Å². The smallest absolute Gasteiger partial charge is 0.300 e. The van der Waals surface area contributed by atoms with Crippen molar-refractivity contribution >= 4 is 11.9 Å². The number of carboxylic acid groups (broad SMARTS) is 1. The topological polar surface area (TPSA) is 126 Å². The number of halogens is 1. The third-order valence-electron chi connectivity index (χ3n) is 5.59. The van der Waals surface area contributed by atoms with Crippen molar-refractivity contribution in [3.8, 4) is 11.3 Å². The molecule has 4 rings (SSSR count). The molecule has 0 saturated carbocycles. The molecule has 35 heavy (non-hydrogen) atoms. The number of nitrogens with one attached hydrogen (secondary N) is 2. The number of carboxylic acids is 1. The largest absolute Gasteiger partial charge is 0.481 e. The molecule has 3 aromatic rings. The Morgan fingerprint density at radius 3 is 2.74 bits per heavy atom. The molecule has 186 valence electrons. The van der Waals surface area contributed by atoms with Gasteiger partial charge in [-0.3, -0.25) is 14.4 Å². The van der Waals surface area contributed by atoms with Gasteiger partial charge in [-0.15, -0.1) is 0 Å². The Bertz CT molecular complexity index is 1230. The quantitative estimate of drug-likeness (QED) is 0.491. The lowest BCUT2D eigenvalue weighted by Crippen LogP contribution is -2.37. The number of hydrogen-bond acceptors (Lipinski definition) is 6. The molecule has 3 N–H and O–H groups in total. The lowest BCUT2D eigenvalue weighted by molar-refractivity contribution is -0.134. The summed E-state index contributed by atoms with van der Waals surface area (Å²) in [4.78, 5) is 34.7. The van der Waals surface area contributed by atoms with Gasteiger partial charge in [0.25, 0.3) is 17.4 Å². The second kappa shape index (κ2) is 12.1. The zero-order valence-corrected chi connectivity index (χ0v) is 19.7. The normalized spacial score (nSPS) is 15.1. The molecule has 10 heteroatoms. The zero-order valence-electron chi connectivity index (χ0n) is 19.7. The molecule has 3 heterocycles. The van der Waals surface area contributed by atoms with Crippen LogP contribution in [0.2, 0.25) is 0 Å². The number of carbonyl (C=O) groups is 2. The Hall–Kier alpha value is -3.79. The van der Waals surface area contributed by atoms with Crippen LogP contribution in [0.5, 0.6) is 0 Å². The second-order valence-electron chi connectivity index (χ2n) is 8.40. The number of carbonyl (C=O) groups excluding carboxylic acids is 1. The van der Waals surface area contributed by atoms with Crippen LogP contribution in [0.3, 0.4) is 0 Å². The minimum atomic E-state index is -0.833. The molecule has 0 radical (unpaired) electrons. The van der Waals surface area contributed by atoms with Gasteiger partial charge >= 0.3 is 0 Å². The van der Waals surface area contributed by atoms with Crippen LogP contribution in [-0.4, -0.2) is 39.8 Å². The first kappa shape index (κ1) is 25.8. The van der Waals surface area contributed by atoms with Gasteiger partial charge in [0.2, 0.25) is 0 Å². The summed E-state index contributed by atoms with van der Waals surface area (Å²) < 4.78 is 20.8. The first-order valence-corrected chi connectivity index (χ1v) is 11.3. The van der Waals surface area contributed by atoms with Crippen LogP contribution in [0, 0.1) is 18.7 Å². The standard InChI is InChI=1S/C23H25FN4O3.C2H4O2/c1-15-8-10-28(14-16-5-4-9-25-12-16)23(30)21(15)22(29)26-13-17-11-20(27-31-17)18-6-2-3-7-19(18)24;1-2(3)4/h2-3,6-8,10-11,16,25H,4-5,9,12-14H2,1H3,(H,26,29);1H3,(H,3,4). The fourth-order valence-electron chi connectivity index (χ4n) is 3.89. The highest BCUT2D eigenvalue weighted by Gasteiger charge is 2.19. The van der Waals surface area contributed by atoms with Crippen LogP contribution < -0.4 is 16.2 Å². The molecule has 1 aliphatic rings. The van der Waals surface area contributed by atoms with Crippen LogP contribution in [0.15, 0.2) is 51.9 Å². The van der Waals surface area contributed by atoms with Gasteiger partial charge in [-0.25, -0.2) is 4.39 Å². The first-order valence-electron chi connectivity index (χ1n) is 11.3. The number of piperidine rings is 1. The summed E-state index contributed by atoms with van der Waals surface area (Å²) in [5.74, 6) is -0.965. The van der Waals surface area contributed by atoms with Gasteiger partial charge in [0.05, 0.1) is 6.54 Å². The summed E-state index contributed by atoms with van der Waals surface area (Å²) in [7, 11) is 0. The number of aliphatic carboxylic acids is 1. The van der Waals surface area contributed by atoms with E-state index in [0.29, 0.717) is 35.0 Å². The molecular formula is C25H29FN4O5. The Balaban J connectivity index is 0.000000795. The van der Waals surface area contributed by atoms with E-state index < -0.39 is 17.7 Å². The Kier molecular flexibility index (Phi) is 8.91. The van der Waals surface area contributed by atoms with Gasteiger partial charge in [0.1, 0.15) is 17.1 Å². The average molecular weight is 485 g/mol. The minimum absolute atomic E-state index is 0.0423. The van der Waals surface area contributed by atoms with Crippen LogP contribution in [0.4, 0.5) is 4.39 Å². The molecule has 1 fully saturated rings. The maximum atomic E-state index is 13.9. The van der Waals surface area contributed by atoms with Crippen LogP contribution in [-0.2, 0) is 17.9 Å². The molecule has 9 nitrogen and oxygen atoms in total. The molecule has 1 atom stereocenters. The summed E-state index contributed by atoms with van der Waals surface area (Å²) in [6.07, 6.45) is 3.90. The highest BCUT2D eigenvalue weighted by Crippen LogP contribution is 2.22. The molecule has 0 aliphatic carbocycles. The van der Waals surface area contributed by atoms with Crippen LogP contribution in [0.25, 0.3) is 11.3 Å². The number of pyridine rings is 1. The highest BCUT2D eigenvalue weighted by molar-refractivity contribution is 5.95. The molecule has 0 bridgehead atoms. The lowest BCUT2D eigenvalue weighted by Gasteiger charge is -2.23. The van der Waals surface area contributed by atoms with E-state index in [0.717, 1.165) is 32.9 Å². The van der Waals surface area contributed by atoms with Crippen molar-refractivity contribution in [3.05, 3.63) is 75.7 Å². The monoisotopic (exact) mass is 484 g/mol. The van der Waals surface area contributed by atoms with Gasteiger partial charge in [-0.2, -0.15) is 0 Å². The fraction of sp³-hybridized carbons (Fsp3) is 0.360. The summed E-state index contributed by atoms with van der Waals surface area (Å²) in [6.45, 7) is 5.33. The van der Waals surface area contributed by atoms with Crippen molar-refractivity contribution in [1.29, 1.82) is 0 Å². The van der Waals surface area contributed by atoms with Gasteiger partial charge in [0, 0.05) is 31.3 Å². The molecule has 1 saturated heterocycles. The van der Waals surface area contributed by atoms with Crippen molar-refractivity contribution in [1.82, 2.24) is 20.4 Å². The molecule has 0 spiro atoms. The van der Waals surface area contributed by atoms with E-state index in [-0.39, 0.29) is 17.7 Å². The molecule has 1 aliphatic heterocycles. The maximum Gasteiger partial charge on any atom is 0.300 e. The minimum Gasteiger partial charge on any atom is -0.481 e. The summed E-state index contributed by atoms with van der Waals surface area (Å²) >= 11 is 0. The predicted molar refractivity (Wildman–Crippen MR) is 127 cm³/mol. The number of aromatic nitrogens is 2. The third-order valence-corrected chi connectivity index (χ3v) is 5.59. The predicted octanol–water partition coefficient (Wildman–Crippen LogP) is 2.97. The number of amides is 1. The summed E-state index contributed by atoms with van der Waals surface area (Å²) in [5.41, 5.74) is 1.11. The van der Waals surface area contributed by atoms with Crippen molar-refractivity contribution in [2.45, 2.75) is 39.8 Å². The van der Waals surface area contributed by atoms with E-state index >= 15 is 0 Å². The summed E-state index contributed by atoms with van der Waals surface area (Å²) in [5, 5.41) is 17.4. The fourth-order valence-corrected chi connectivity index (χ4v) is 3.89. The number of rotatable bonds is 6. The van der Waals surface area contributed by atoms with Crippen LogP contribution in [0.1, 0.15) is 41.4 Å². The van der Waals surface area contributed by atoms with Gasteiger partial charge in [-0.1, -0.05) is 17.3 Å². The number of aryl methyl sites for hydroxylation is 1. The van der Waals surface area contributed by atoms with E-state index in [4.69, 9.17) is 14.4 Å². The zero-order chi connectivity index (χ0) is 25.4. The molecule has 1 unspecified atom stereocenters. The Morgan fingerprint density at radius 1 is 1.31 bits per heavy atom. The average Bonchev–Trinajstić information content (AvgIpc) is 3.29. The second-order valence-corrected chi connectivity index (χ2v) is 8.40. The van der Waals surface area contributed by atoms with Gasteiger partial charge in [0.15, 0.2) is 5.76 Å². The molecule has 2 aromatic heterocycles. The van der Waals surface area contributed by atoms with Crippen molar-refractivity contribution in [2.75, 3.05) is 13.1 Å². The van der Waals surface area contributed by atoms with Gasteiger partial charge < -0.3 is 24.8 Å². The van der Waals surface area contributed by atoms with Crippen LogP contribution >= 0.6 is 0 Å². The number of nitrogens with zero attached hydrogens (tertiary/aromatic N) is 2. The van der Waals surface area contributed by atoms with Crippen molar-refractivity contribution in [2.24, 2.45) is 5.92 Å². The molecule has 1 amide bonds. The van der Waals surface area contributed by atoms with E-state index in [1.165, 1.54) is 6.07 Å². The van der Waals surface area contributed by atoms with E-state index in [2.05, 4.69) is 15.8 Å². The maximum absolute atomic E-state index is 13.9. The van der Waals surface area contributed by atoms with Gasteiger partial charge in [-0.05, 0) is 62.5 Å². The third kappa shape index (κ3) is 7.10. The van der Waals surface area contributed by atoms with E-state index in [1.807, 2.05) is 0 Å². The Morgan fingerprint density at radius 2 is 2.06 bits per heavy atom. The highest BCUT2D eigenvalue weighted by atomic mass is 19.1.